The Kier molecular flexibility index (Phi) is 5.03. The van der Waals surface area contributed by atoms with Crippen LogP contribution in [0.3, 0.4) is 0 Å². The van der Waals surface area contributed by atoms with E-state index in [9.17, 15) is 9.59 Å². The normalized spacial score (nSPS) is 10.6. The van der Waals surface area contributed by atoms with Gasteiger partial charge in [-0.2, -0.15) is 0 Å². The van der Waals surface area contributed by atoms with Crippen LogP contribution in [0.1, 0.15) is 10.4 Å². The van der Waals surface area contributed by atoms with E-state index >= 15 is 0 Å². The second kappa shape index (κ2) is 7.41. The average Bonchev–Trinajstić information content (AvgIpc) is 2.70. The van der Waals surface area contributed by atoms with Crippen LogP contribution in [0, 0.1) is 0 Å². The lowest BCUT2D eigenvalue weighted by atomic mass is 10.0. The molecule has 2 aromatic carbocycles. The molecule has 0 aliphatic rings. The van der Waals surface area contributed by atoms with Crippen molar-refractivity contribution in [2.45, 2.75) is 0 Å². The summed E-state index contributed by atoms with van der Waals surface area (Å²) in [6.45, 7) is 3.81. The molecule has 0 bridgehead atoms. The predicted octanol–water partition coefficient (Wildman–Crippen LogP) is 3.31. The van der Waals surface area contributed by atoms with Gasteiger partial charge in [0.25, 0.3) is 0 Å². The molecule has 0 unspecified atom stereocenters. The van der Waals surface area contributed by atoms with E-state index in [0.29, 0.717) is 28.0 Å². The number of rotatable bonds is 6. The van der Waals surface area contributed by atoms with Crippen LogP contribution >= 0.6 is 0 Å². The number of hydrogen-bond donors (Lipinski definition) is 0. The van der Waals surface area contributed by atoms with Crippen LogP contribution in [-0.4, -0.2) is 33.9 Å². The minimum absolute atomic E-state index is 0.120. The zero-order chi connectivity index (χ0) is 19.6. The number of esters is 1. The Labute approximate surface area is 154 Å². The number of carbonyl (C=O) groups excluding carboxylic acids is 1. The lowest BCUT2D eigenvalue weighted by Gasteiger charge is -2.15. The van der Waals surface area contributed by atoms with Crippen molar-refractivity contribution in [2.75, 3.05) is 27.9 Å². The lowest BCUT2D eigenvalue weighted by molar-refractivity contribution is 0.0603. The first-order valence-corrected chi connectivity index (χ1v) is 8.03. The summed E-state index contributed by atoms with van der Waals surface area (Å²) in [5, 5.41) is 0.955. The van der Waals surface area contributed by atoms with Crippen molar-refractivity contribution < 1.29 is 28.2 Å². The van der Waals surface area contributed by atoms with Crippen molar-refractivity contribution in [3.8, 4) is 17.2 Å². The highest BCUT2D eigenvalue weighted by Gasteiger charge is 2.24. The predicted molar refractivity (Wildman–Crippen MR) is 100 cm³/mol. The van der Waals surface area contributed by atoms with Gasteiger partial charge in [-0.3, -0.25) is 0 Å². The van der Waals surface area contributed by atoms with Crippen molar-refractivity contribution in [3.05, 3.63) is 52.9 Å². The fraction of sp³-hybridized carbons (Fsp3) is 0.200. The molecule has 0 saturated carbocycles. The first-order chi connectivity index (χ1) is 13.1. The second-order valence-corrected chi connectivity index (χ2v) is 5.52. The first kappa shape index (κ1) is 18.3. The van der Waals surface area contributed by atoms with E-state index in [1.165, 1.54) is 27.4 Å². The van der Waals surface area contributed by atoms with Gasteiger partial charge in [0, 0.05) is 10.8 Å². The van der Waals surface area contributed by atoms with Gasteiger partial charge >= 0.3 is 11.6 Å². The number of hydrogen-bond acceptors (Lipinski definition) is 7. The standard InChI is InChI=1S/C20H18O7/c1-5-10-26-17-13(23-2)8-7-12-15(17)16-11(19(21)25-4)6-9-14(24-3)18(16)27-20(12)22/h5-9H,1,10H2,2-4H3. The Bertz CT molecular complexity index is 1100. The minimum Gasteiger partial charge on any atom is -0.493 e. The van der Waals surface area contributed by atoms with Crippen molar-refractivity contribution in [2.24, 2.45) is 0 Å². The van der Waals surface area contributed by atoms with Crippen LogP contribution in [0.2, 0.25) is 0 Å². The summed E-state index contributed by atoms with van der Waals surface area (Å²) in [6.07, 6.45) is 1.56. The molecular formula is C20H18O7. The summed E-state index contributed by atoms with van der Waals surface area (Å²) in [5.41, 5.74) is -0.266. The quantitative estimate of drug-likeness (QED) is 0.285. The summed E-state index contributed by atoms with van der Waals surface area (Å²) in [6, 6.07) is 6.24. The Hall–Kier alpha value is -3.48. The molecule has 7 heteroatoms. The van der Waals surface area contributed by atoms with Gasteiger partial charge in [-0.1, -0.05) is 12.7 Å². The number of methoxy groups -OCH3 is 3. The van der Waals surface area contributed by atoms with Crippen molar-refractivity contribution in [1.29, 1.82) is 0 Å². The van der Waals surface area contributed by atoms with Gasteiger partial charge in [0.15, 0.2) is 22.8 Å². The van der Waals surface area contributed by atoms with Gasteiger partial charge in [-0.25, -0.2) is 9.59 Å². The van der Waals surface area contributed by atoms with Crippen LogP contribution < -0.4 is 19.8 Å². The number of benzene rings is 2. The number of carbonyl (C=O) groups is 1. The molecule has 0 N–H and O–H groups in total. The van der Waals surface area contributed by atoms with E-state index in [4.69, 9.17) is 23.4 Å². The minimum atomic E-state index is -0.594. The Morgan fingerprint density at radius 1 is 1.07 bits per heavy atom. The highest BCUT2D eigenvalue weighted by molar-refractivity contribution is 6.18. The van der Waals surface area contributed by atoms with Crippen molar-refractivity contribution in [1.82, 2.24) is 0 Å². The molecule has 0 aliphatic carbocycles. The van der Waals surface area contributed by atoms with Gasteiger partial charge in [0.05, 0.1) is 32.3 Å². The molecule has 7 nitrogen and oxygen atoms in total. The maximum atomic E-state index is 12.6. The SMILES string of the molecule is C=CCOc1c(OC)ccc2c(=O)oc3c(OC)ccc(C(=O)OC)c3c12. The van der Waals surface area contributed by atoms with E-state index in [1.54, 1.807) is 24.3 Å². The van der Waals surface area contributed by atoms with Gasteiger partial charge in [0.1, 0.15) is 6.61 Å². The zero-order valence-electron chi connectivity index (χ0n) is 15.2. The van der Waals surface area contributed by atoms with E-state index < -0.39 is 11.6 Å². The maximum Gasteiger partial charge on any atom is 0.344 e. The first-order valence-electron chi connectivity index (χ1n) is 8.03. The van der Waals surface area contributed by atoms with Gasteiger partial charge in [0.2, 0.25) is 0 Å². The summed E-state index contributed by atoms with van der Waals surface area (Å²) in [4.78, 5) is 24.9. The average molecular weight is 370 g/mol. The summed E-state index contributed by atoms with van der Waals surface area (Å²) >= 11 is 0. The zero-order valence-corrected chi connectivity index (χ0v) is 15.2. The van der Waals surface area contributed by atoms with Crippen LogP contribution in [0.25, 0.3) is 21.7 Å². The highest BCUT2D eigenvalue weighted by atomic mass is 16.5. The van der Waals surface area contributed by atoms with Gasteiger partial charge < -0.3 is 23.4 Å². The third-order valence-electron chi connectivity index (χ3n) is 4.10. The molecule has 0 aliphatic heterocycles. The van der Waals surface area contributed by atoms with E-state index in [1.807, 2.05) is 0 Å². The number of ether oxygens (including phenoxy) is 4. The molecular weight excluding hydrogens is 352 g/mol. The molecule has 0 saturated heterocycles. The molecule has 0 amide bonds. The maximum absolute atomic E-state index is 12.6. The van der Waals surface area contributed by atoms with E-state index in [0.717, 1.165) is 0 Å². The van der Waals surface area contributed by atoms with Crippen LogP contribution in [0.15, 0.2) is 46.1 Å². The summed E-state index contributed by atoms with van der Waals surface area (Å²) in [7, 11) is 4.20. The molecule has 27 heavy (non-hydrogen) atoms. The largest absolute Gasteiger partial charge is 0.493 e. The second-order valence-electron chi connectivity index (χ2n) is 5.52. The summed E-state index contributed by atoms with van der Waals surface area (Å²) < 4.78 is 26.8. The Balaban J connectivity index is 2.61. The Morgan fingerprint density at radius 2 is 1.78 bits per heavy atom. The summed E-state index contributed by atoms with van der Waals surface area (Å²) in [5.74, 6) is 0.408. The molecule has 140 valence electrons. The molecule has 0 spiro atoms. The molecule has 3 aromatic rings. The van der Waals surface area contributed by atoms with Gasteiger partial charge in [-0.05, 0) is 24.3 Å². The van der Waals surface area contributed by atoms with Crippen molar-refractivity contribution in [3.63, 3.8) is 0 Å². The fourth-order valence-electron chi connectivity index (χ4n) is 2.93. The fourth-order valence-corrected chi connectivity index (χ4v) is 2.93. The Morgan fingerprint density at radius 3 is 2.41 bits per heavy atom. The third-order valence-corrected chi connectivity index (χ3v) is 4.10. The number of fused-ring (bicyclic) bond motifs is 3. The molecule has 0 radical (unpaired) electrons. The third kappa shape index (κ3) is 2.97. The lowest BCUT2D eigenvalue weighted by Crippen LogP contribution is -2.08. The smallest absolute Gasteiger partial charge is 0.344 e. The molecule has 1 heterocycles. The molecule has 0 fully saturated rings. The van der Waals surface area contributed by atoms with Gasteiger partial charge in [-0.15, -0.1) is 0 Å². The van der Waals surface area contributed by atoms with E-state index in [-0.39, 0.29) is 23.1 Å². The highest BCUT2D eigenvalue weighted by Crippen LogP contribution is 2.42. The van der Waals surface area contributed by atoms with Crippen LogP contribution in [0.4, 0.5) is 0 Å². The van der Waals surface area contributed by atoms with Crippen molar-refractivity contribution >= 4 is 27.7 Å². The van der Waals surface area contributed by atoms with Crippen LogP contribution in [0.5, 0.6) is 17.2 Å². The topological polar surface area (TPSA) is 84.2 Å². The molecule has 1 aromatic heterocycles. The molecule has 3 rings (SSSR count). The molecule has 0 atom stereocenters. The monoisotopic (exact) mass is 370 g/mol. The van der Waals surface area contributed by atoms with E-state index in [2.05, 4.69) is 6.58 Å². The van der Waals surface area contributed by atoms with Crippen LogP contribution in [-0.2, 0) is 4.74 Å².